The summed E-state index contributed by atoms with van der Waals surface area (Å²) in [6.07, 6.45) is -0.334. The van der Waals surface area contributed by atoms with E-state index in [1.165, 1.54) is 12.1 Å². The predicted octanol–water partition coefficient (Wildman–Crippen LogP) is 5.75. The standard InChI is InChI=1S/C29H35FN2O5/c1-17(2)16-32-24(15-31-28(36)37-29(4,5)6)25(20-8-10-21(30)11-9-20)23-14-19(13-18(3)27(34)35)7-12-22(23)26(32)33/h7-12,14,17-18H,13,15-16H2,1-6H3,(H,31,36)(H,34,35). The predicted molar refractivity (Wildman–Crippen MR) is 142 cm³/mol. The number of aliphatic carboxylic acids is 1. The molecule has 1 heterocycles. The van der Waals surface area contributed by atoms with E-state index in [0.717, 1.165) is 5.56 Å². The molecule has 1 aromatic heterocycles. The van der Waals surface area contributed by atoms with Crippen LogP contribution in [0.2, 0.25) is 0 Å². The van der Waals surface area contributed by atoms with Gasteiger partial charge in [-0.2, -0.15) is 0 Å². The minimum atomic E-state index is -0.909. The monoisotopic (exact) mass is 510 g/mol. The van der Waals surface area contributed by atoms with E-state index in [1.54, 1.807) is 56.5 Å². The summed E-state index contributed by atoms with van der Waals surface area (Å²) in [6, 6.07) is 11.3. The first-order valence-electron chi connectivity index (χ1n) is 12.4. The van der Waals surface area contributed by atoms with Crippen molar-refractivity contribution in [1.29, 1.82) is 0 Å². The molecular weight excluding hydrogens is 475 g/mol. The Morgan fingerprint density at radius 3 is 2.27 bits per heavy atom. The number of hydrogen-bond acceptors (Lipinski definition) is 4. The SMILES string of the molecule is CC(C)Cn1c(CNC(=O)OC(C)(C)C)c(-c2ccc(F)cc2)c2cc(CC(C)C(=O)O)ccc2c1=O. The zero-order chi connectivity index (χ0) is 27.5. The maximum absolute atomic E-state index is 13.8. The van der Waals surface area contributed by atoms with Crippen LogP contribution in [0.15, 0.2) is 47.3 Å². The molecule has 0 radical (unpaired) electrons. The van der Waals surface area contributed by atoms with Crippen LogP contribution < -0.4 is 10.9 Å². The van der Waals surface area contributed by atoms with Crippen LogP contribution in [-0.4, -0.2) is 27.3 Å². The number of nitrogens with zero attached hydrogens (tertiary/aromatic N) is 1. The largest absolute Gasteiger partial charge is 0.481 e. The van der Waals surface area contributed by atoms with Crippen molar-refractivity contribution in [2.24, 2.45) is 11.8 Å². The molecule has 0 bridgehead atoms. The van der Waals surface area contributed by atoms with Gasteiger partial charge in [0, 0.05) is 23.2 Å². The fraction of sp³-hybridized carbons (Fsp3) is 0.414. The lowest BCUT2D eigenvalue weighted by Gasteiger charge is -2.24. The number of nitrogens with one attached hydrogen (secondary N) is 1. The fourth-order valence-corrected chi connectivity index (χ4v) is 4.26. The van der Waals surface area contributed by atoms with Gasteiger partial charge in [-0.3, -0.25) is 9.59 Å². The van der Waals surface area contributed by atoms with Crippen molar-refractivity contribution in [2.45, 2.75) is 66.7 Å². The van der Waals surface area contributed by atoms with E-state index in [2.05, 4.69) is 5.32 Å². The van der Waals surface area contributed by atoms with Gasteiger partial charge in [0.2, 0.25) is 0 Å². The van der Waals surface area contributed by atoms with Crippen LogP contribution in [0, 0.1) is 17.7 Å². The van der Waals surface area contributed by atoms with Gasteiger partial charge in [0.1, 0.15) is 11.4 Å². The van der Waals surface area contributed by atoms with E-state index in [4.69, 9.17) is 4.74 Å². The van der Waals surface area contributed by atoms with Crippen molar-refractivity contribution in [3.63, 3.8) is 0 Å². The number of carbonyl (C=O) groups is 2. The topological polar surface area (TPSA) is 97.6 Å². The molecule has 0 fully saturated rings. The quantitative estimate of drug-likeness (QED) is 0.402. The number of benzene rings is 2. The summed E-state index contributed by atoms with van der Waals surface area (Å²) in [7, 11) is 0. The van der Waals surface area contributed by atoms with E-state index < -0.39 is 29.4 Å². The van der Waals surface area contributed by atoms with Gasteiger partial charge in [0.15, 0.2) is 0 Å². The first-order valence-corrected chi connectivity index (χ1v) is 12.4. The number of aromatic nitrogens is 1. The van der Waals surface area contributed by atoms with Gasteiger partial charge in [0.05, 0.1) is 12.5 Å². The van der Waals surface area contributed by atoms with Gasteiger partial charge in [-0.1, -0.05) is 45.0 Å². The highest BCUT2D eigenvalue weighted by Gasteiger charge is 2.22. The minimum Gasteiger partial charge on any atom is -0.481 e. The van der Waals surface area contributed by atoms with Crippen LogP contribution in [-0.2, 0) is 29.0 Å². The number of carboxylic acids is 1. The summed E-state index contributed by atoms with van der Waals surface area (Å²) in [5.74, 6) is -1.78. The lowest BCUT2D eigenvalue weighted by molar-refractivity contribution is -0.141. The second-order valence-corrected chi connectivity index (χ2v) is 10.8. The number of halogens is 1. The van der Waals surface area contributed by atoms with Crippen LogP contribution >= 0.6 is 0 Å². The van der Waals surface area contributed by atoms with Crippen molar-refractivity contribution in [3.8, 4) is 11.1 Å². The Balaban J connectivity index is 2.29. The maximum Gasteiger partial charge on any atom is 0.407 e. The number of carbonyl (C=O) groups excluding carboxylic acids is 1. The van der Waals surface area contributed by atoms with E-state index in [-0.39, 0.29) is 24.4 Å². The zero-order valence-electron chi connectivity index (χ0n) is 22.2. The second-order valence-electron chi connectivity index (χ2n) is 10.8. The average Bonchev–Trinajstić information content (AvgIpc) is 2.79. The first-order chi connectivity index (χ1) is 17.3. The number of fused-ring (bicyclic) bond motifs is 1. The highest BCUT2D eigenvalue weighted by atomic mass is 19.1. The molecule has 0 saturated carbocycles. The third kappa shape index (κ3) is 6.96. The molecule has 3 aromatic rings. The van der Waals surface area contributed by atoms with Crippen LogP contribution in [0.25, 0.3) is 21.9 Å². The number of rotatable bonds is 8. The number of alkyl carbamates (subject to hydrolysis) is 1. The number of amides is 1. The van der Waals surface area contributed by atoms with Crippen LogP contribution in [0.3, 0.4) is 0 Å². The molecule has 0 saturated heterocycles. The van der Waals surface area contributed by atoms with E-state index in [1.807, 2.05) is 19.9 Å². The Hall–Kier alpha value is -3.68. The van der Waals surface area contributed by atoms with Crippen molar-refractivity contribution in [1.82, 2.24) is 9.88 Å². The summed E-state index contributed by atoms with van der Waals surface area (Å²) >= 11 is 0. The van der Waals surface area contributed by atoms with E-state index >= 15 is 0 Å². The van der Waals surface area contributed by atoms with E-state index in [9.17, 15) is 23.9 Å². The molecule has 0 aliphatic rings. The van der Waals surface area contributed by atoms with E-state index in [0.29, 0.717) is 34.1 Å². The Morgan fingerprint density at radius 2 is 1.70 bits per heavy atom. The number of carboxylic acid groups (broad SMARTS) is 1. The Labute approximate surface area is 216 Å². The van der Waals surface area contributed by atoms with Crippen molar-refractivity contribution < 1.29 is 23.8 Å². The molecule has 3 rings (SSSR count). The summed E-state index contributed by atoms with van der Waals surface area (Å²) in [6.45, 7) is 11.3. The van der Waals surface area contributed by atoms with Gasteiger partial charge in [-0.05, 0) is 67.8 Å². The molecule has 0 aliphatic carbocycles. The zero-order valence-corrected chi connectivity index (χ0v) is 22.2. The first kappa shape index (κ1) is 27.9. The third-order valence-corrected chi connectivity index (χ3v) is 5.89. The molecule has 0 aliphatic heterocycles. The second kappa shape index (κ2) is 11.2. The van der Waals surface area contributed by atoms with Crippen molar-refractivity contribution in [3.05, 3.63) is 69.9 Å². The Bertz CT molecular complexity index is 1350. The highest BCUT2D eigenvalue weighted by Crippen LogP contribution is 2.32. The molecule has 198 valence electrons. The van der Waals surface area contributed by atoms with Crippen LogP contribution in [0.4, 0.5) is 9.18 Å². The summed E-state index contributed by atoms with van der Waals surface area (Å²) in [5, 5.41) is 13.2. The van der Waals surface area contributed by atoms with Gasteiger partial charge in [-0.25, -0.2) is 9.18 Å². The van der Waals surface area contributed by atoms with Crippen molar-refractivity contribution in [2.75, 3.05) is 0 Å². The molecular formula is C29H35FN2O5. The third-order valence-electron chi connectivity index (χ3n) is 5.89. The smallest absolute Gasteiger partial charge is 0.407 e. The lowest BCUT2D eigenvalue weighted by atomic mass is 9.92. The molecule has 7 nitrogen and oxygen atoms in total. The van der Waals surface area contributed by atoms with Gasteiger partial charge >= 0.3 is 12.1 Å². The molecule has 1 unspecified atom stereocenters. The maximum atomic E-state index is 13.8. The fourth-order valence-electron chi connectivity index (χ4n) is 4.26. The molecule has 37 heavy (non-hydrogen) atoms. The summed E-state index contributed by atoms with van der Waals surface area (Å²) in [5.41, 5.74) is 1.77. The summed E-state index contributed by atoms with van der Waals surface area (Å²) in [4.78, 5) is 37.7. The number of ether oxygens (including phenoxy) is 1. The van der Waals surface area contributed by atoms with Gasteiger partial charge < -0.3 is 19.7 Å². The molecule has 0 spiro atoms. The van der Waals surface area contributed by atoms with Gasteiger partial charge in [-0.15, -0.1) is 0 Å². The Kier molecular flexibility index (Phi) is 8.41. The molecule has 2 N–H and O–H groups in total. The molecule has 8 heteroatoms. The highest BCUT2D eigenvalue weighted by molar-refractivity contribution is 5.98. The molecule has 2 aromatic carbocycles. The average molecular weight is 511 g/mol. The number of pyridine rings is 1. The van der Waals surface area contributed by atoms with Crippen molar-refractivity contribution >= 4 is 22.8 Å². The van der Waals surface area contributed by atoms with Crippen LogP contribution in [0.1, 0.15) is 52.8 Å². The minimum absolute atomic E-state index is 0.00921. The molecule has 1 atom stereocenters. The molecule has 1 amide bonds. The normalized spacial score (nSPS) is 12.5. The summed E-state index contributed by atoms with van der Waals surface area (Å²) < 4.78 is 20.9. The lowest BCUT2D eigenvalue weighted by Crippen LogP contribution is -2.35. The van der Waals surface area contributed by atoms with Crippen LogP contribution in [0.5, 0.6) is 0 Å². The van der Waals surface area contributed by atoms with Gasteiger partial charge in [0.25, 0.3) is 5.56 Å². The number of hydrogen-bond donors (Lipinski definition) is 2. The Morgan fingerprint density at radius 1 is 1.05 bits per heavy atom.